The average molecular weight is 248 g/mol. The largest absolute Gasteiger partial charge is 0.394 e. The number of hydrogen-bond acceptors (Lipinski definition) is 6. The molecule has 2 aromatic heterocycles. The second-order valence-corrected chi connectivity index (χ2v) is 4.60. The van der Waals surface area contributed by atoms with Crippen LogP contribution in [-0.4, -0.2) is 49.5 Å². The summed E-state index contributed by atoms with van der Waals surface area (Å²) in [5.41, 5.74) is 2.34. The molecule has 0 radical (unpaired) electrons. The Labute approximate surface area is 102 Å². The van der Waals surface area contributed by atoms with Crippen LogP contribution in [0.4, 0.5) is 0 Å². The Balaban J connectivity index is 1.78. The van der Waals surface area contributed by atoms with Gasteiger partial charge in [-0.25, -0.2) is 15.0 Å². The molecule has 1 unspecified atom stereocenters. The Morgan fingerprint density at radius 3 is 2.94 bits per heavy atom. The van der Waals surface area contributed by atoms with Crippen LogP contribution >= 0.6 is 0 Å². The van der Waals surface area contributed by atoms with Crippen LogP contribution in [0.1, 0.15) is 11.9 Å². The number of aromatic nitrogens is 4. The van der Waals surface area contributed by atoms with E-state index in [9.17, 15) is 5.11 Å². The van der Waals surface area contributed by atoms with E-state index in [1.165, 1.54) is 6.33 Å². The molecule has 4 atom stereocenters. The highest BCUT2D eigenvalue weighted by molar-refractivity contribution is 5.72. The first-order valence-electron chi connectivity index (χ1n) is 5.85. The highest BCUT2D eigenvalue weighted by Gasteiger charge is 2.58. The minimum atomic E-state index is -0.258. The van der Waals surface area contributed by atoms with E-state index < -0.39 is 0 Å². The molecule has 18 heavy (non-hydrogen) atoms. The molecule has 4 rings (SSSR count). The maximum atomic E-state index is 9.18. The number of hydrogen-bond donors (Lipinski definition) is 1. The molecule has 0 aromatic carbocycles. The van der Waals surface area contributed by atoms with Gasteiger partial charge in [-0.2, -0.15) is 0 Å². The van der Waals surface area contributed by atoms with Gasteiger partial charge in [0, 0.05) is 0 Å². The number of imidazole rings is 1. The van der Waals surface area contributed by atoms with Gasteiger partial charge in [-0.1, -0.05) is 0 Å². The Kier molecular flexibility index (Phi) is 2.00. The lowest BCUT2D eigenvalue weighted by molar-refractivity contribution is -0.0823. The summed E-state index contributed by atoms with van der Waals surface area (Å²) < 4.78 is 13.1. The standard InChI is InChI=1S/C11H12N4O3/c1-5-7-10(13-3-12-5)15(4-14-7)11-9-8(18-9)6(2-16)17-11/h3-4,6,8-9,11,16H,2H2,1H3/t6-,8?,9+,11-/m1/s1. The molecule has 94 valence electrons. The lowest BCUT2D eigenvalue weighted by Gasteiger charge is -2.17. The zero-order valence-electron chi connectivity index (χ0n) is 9.72. The molecular weight excluding hydrogens is 236 g/mol. The summed E-state index contributed by atoms with van der Waals surface area (Å²) in [5, 5.41) is 9.18. The second kappa shape index (κ2) is 3.47. The van der Waals surface area contributed by atoms with Crippen molar-refractivity contribution in [2.45, 2.75) is 31.5 Å². The third kappa shape index (κ3) is 1.26. The van der Waals surface area contributed by atoms with E-state index in [1.54, 1.807) is 6.33 Å². The normalized spacial score (nSPS) is 33.9. The van der Waals surface area contributed by atoms with Gasteiger partial charge in [-0.15, -0.1) is 0 Å². The summed E-state index contributed by atoms with van der Waals surface area (Å²) in [6.45, 7) is 1.86. The van der Waals surface area contributed by atoms with Crippen molar-refractivity contribution in [3.8, 4) is 0 Å². The van der Waals surface area contributed by atoms with Gasteiger partial charge in [0.05, 0.1) is 18.6 Å². The molecule has 7 nitrogen and oxygen atoms in total. The van der Waals surface area contributed by atoms with Gasteiger partial charge in [0.15, 0.2) is 11.9 Å². The Bertz CT molecular complexity index is 613. The first-order valence-corrected chi connectivity index (χ1v) is 5.85. The van der Waals surface area contributed by atoms with E-state index in [1.807, 2.05) is 11.5 Å². The fourth-order valence-corrected chi connectivity index (χ4v) is 2.52. The second-order valence-electron chi connectivity index (χ2n) is 4.60. The highest BCUT2D eigenvalue weighted by Crippen LogP contribution is 2.45. The fourth-order valence-electron chi connectivity index (χ4n) is 2.52. The Morgan fingerprint density at radius 2 is 2.17 bits per heavy atom. The molecular formula is C11H12N4O3. The molecule has 0 amide bonds. The molecule has 4 heterocycles. The van der Waals surface area contributed by atoms with Gasteiger partial charge in [-0.3, -0.25) is 4.57 Å². The van der Waals surface area contributed by atoms with E-state index in [0.29, 0.717) is 0 Å². The van der Waals surface area contributed by atoms with Crippen LogP contribution in [0.3, 0.4) is 0 Å². The summed E-state index contributed by atoms with van der Waals surface area (Å²) in [5.74, 6) is 0. The lowest BCUT2D eigenvalue weighted by Crippen LogP contribution is -2.22. The van der Waals surface area contributed by atoms with Crippen molar-refractivity contribution < 1.29 is 14.6 Å². The summed E-state index contributed by atoms with van der Waals surface area (Å²) in [7, 11) is 0. The van der Waals surface area contributed by atoms with Crippen LogP contribution in [0.2, 0.25) is 0 Å². The van der Waals surface area contributed by atoms with E-state index in [0.717, 1.165) is 16.9 Å². The van der Waals surface area contributed by atoms with Crippen LogP contribution < -0.4 is 0 Å². The zero-order valence-corrected chi connectivity index (χ0v) is 9.72. The first kappa shape index (κ1) is 10.4. The molecule has 2 saturated heterocycles. The minimum Gasteiger partial charge on any atom is -0.394 e. The van der Waals surface area contributed by atoms with Gasteiger partial charge in [0.1, 0.15) is 30.2 Å². The number of rotatable bonds is 2. The Hall–Kier alpha value is -1.57. The highest BCUT2D eigenvalue weighted by atomic mass is 16.7. The maximum absolute atomic E-state index is 9.18. The van der Waals surface area contributed by atoms with Crippen LogP contribution in [0, 0.1) is 6.92 Å². The fraction of sp³-hybridized carbons (Fsp3) is 0.545. The van der Waals surface area contributed by atoms with E-state index in [2.05, 4.69) is 15.0 Å². The quantitative estimate of drug-likeness (QED) is 0.740. The maximum Gasteiger partial charge on any atom is 0.166 e. The SMILES string of the molecule is Cc1ncnc2c1ncn2[C@@H]1O[C@H](CO)C2O[C@@H]21. The third-order valence-electron chi connectivity index (χ3n) is 3.52. The number of nitrogens with zero attached hydrogens (tertiary/aromatic N) is 4. The monoisotopic (exact) mass is 248 g/mol. The van der Waals surface area contributed by atoms with Crippen LogP contribution in [0.15, 0.2) is 12.7 Å². The van der Waals surface area contributed by atoms with Crippen molar-refractivity contribution in [3.63, 3.8) is 0 Å². The smallest absolute Gasteiger partial charge is 0.166 e. The molecule has 2 fully saturated rings. The number of aliphatic hydroxyl groups excluding tert-OH is 1. The summed E-state index contributed by atoms with van der Waals surface area (Å²) in [6.07, 6.45) is 2.69. The van der Waals surface area contributed by atoms with Gasteiger partial charge in [-0.05, 0) is 6.92 Å². The molecule has 0 bridgehead atoms. The molecule has 1 N–H and O–H groups in total. The summed E-state index contributed by atoms with van der Waals surface area (Å²) >= 11 is 0. The molecule has 0 spiro atoms. The summed E-state index contributed by atoms with van der Waals surface area (Å²) in [4.78, 5) is 12.7. The molecule has 0 aliphatic carbocycles. The number of ether oxygens (including phenoxy) is 2. The van der Waals surface area contributed by atoms with Crippen molar-refractivity contribution in [2.24, 2.45) is 0 Å². The molecule has 7 heteroatoms. The van der Waals surface area contributed by atoms with E-state index in [4.69, 9.17) is 9.47 Å². The molecule has 0 saturated carbocycles. The number of fused-ring (bicyclic) bond motifs is 2. The van der Waals surface area contributed by atoms with Crippen molar-refractivity contribution in [1.29, 1.82) is 0 Å². The zero-order chi connectivity index (χ0) is 12.3. The average Bonchev–Trinajstić information content (AvgIpc) is 2.91. The van der Waals surface area contributed by atoms with Gasteiger partial charge in [0.25, 0.3) is 0 Å². The van der Waals surface area contributed by atoms with Crippen molar-refractivity contribution in [2.75, 3.05) is 6.61 Å². The van der Waals surface area contributed by atoms with Crippen LogP contribution in [0.5, 0.6) is 0 Å². The van der Waals surface area contributed by atoms with Gasteiger partial charge < -0.3 is 14.6 Å². The number of epoxide rings is 1. The minimum absolute atomic E-state index is 0.000356. The van der Waals surface area contributed by atoms with Gasteiger partial charge >= 0.3 is 0 Å². The first-order chi connectivity index (χ1) is 8.79. The predicted molar refractivity (Wildman–Crippen MR) is 59.7 cm³/mol. The third-order valence-corrected chi connectivity index (χ3v) is 3.52. The summed E-state index contributed by atoms with van der Waals surface area (Å²) in [6, 6.07) is 0. The van der Waals surface area contributed by atoms with Crippen LogP contribution in [0.25, 0.3) is 11.2 Å². The predicted octanol–water partition coefficient (Wildman–Crippen LogP) is -0.208. The number of aryl methyl sites for hydroxylation is 1. The van der Waals surface area contributed by atoms with E-state index >= 15 is 0 Å². The molecule has 2 aromatic rings. The van der Waals surface area contributed by atoms with Gasteiger partial charge in [0.2, 0.25) is 0 Å². The van der Waals surface area contributed by atoms with Crippen molar-refractivity contribution >= 4 is 11.2 Å². The topological polar surface area (TPSA) is 85.6 Å². The molecule has 2 aliphatic rings. The van der Waals surface area contributed by atoms with Crippen molar-refractivity contribution in [1.82, 2.24) is 19.5 Å². The lowest BCUT2D eigenvalue weighted by atomic mass is 10.2. The van der Waals surface area contributed by atoms with Crippen LogP contribution in [-0.2, 0) is 9.47 Å². The van der Waals surface area contributed by atoms with E-state index in [-0.39, 0.29) is 31.1 Å². The Morgan fingerprint density at radius 1 is 1.28 bits per heavy atom. The number of aliphatic hydroxyl groups is 1. The molecule has 2 aliphatic heterocycles. The van der Waals surface area contributed by atoms with Crippen molar-refractivity contribution in [3.05, 3.63) is 18.3 Å².